The fraction of sp³-hybridized carbons (Fsp3) is 0.500. The number of ether oxygens (including phenoxy) is 2. The van der Waals surface area contributed by atoms with Gasteiger partial charge in [-0.05, 0) is 25.0 Å². The number of hydrogen-bond donors (Lipinski definition) is 2. The second kappa shape index (κ2) is 3.87. The van der Waals surface area contributed by atoms with Crippen LogP contribution in [0.25, 0.3) is 0 Å². The molecule has 2 aliphatic rings. The van der Waals surface area contributed by atoms with Gasteiger partial charge in [0, 0.05) is 23.8 Å². The maximum Gasteiger partial charge on any atom is 0.163 e. The van der Waals surface area contributed by atoms with E-state index in [1.807, 2.05) is 18.2 Å². The van der Waals surface area contributed by atoms with Crippen LogP contribution in [0.4, 0.5) is 5.69 Å². The van der Waals surface area contributed by atoms with Gasteiger partial charge in [0.25, 0.3) is 0 Å². The molecule has 16 heavy (non-hydrogen) atoms. The molecule has 0 unspecified atom stereocenters. The second-order valence-corrected chi connectivity index (χ2v) is 4.43. The van der Waals surface area contributed by atoms with Crippen LogP contribution >= 0.6 is 0 Å². The molecule has 0 saturated heterocycles. The van der Waals surface area contributed by atoms with Crippen molar-refractivity contribution in [1.82, 2.24) is 0 Å². The van der Waals surface area contributed by atoms with Crippen LogP contribution in [0.3, 0.4) is 0 Å². The van der Waals surface area contributed by atoms with Crippen molar-refractivity contribution in [2.24, 2.45) is 5.73 Å². The summed E-state index contributed by atoms with van der Waals surface area (Å²) in [5.41, 5.74) is 6.83. The van der Waals surface area contributed by atoms with Crippen LogP contribution in [-0.4, -0.2) is 25.3 Å². The van der Waals surface area contributed by atoms with Gasteiger partial charge < -0.3 is 20.5 Å². The van der Waals surface area contributed by atoms with Gasteiger partial charge in [-0.15, -0.1) is 0 Å². The Morgan fingerprint density at radius 2 is 1.88 bits per heavy atom. The fourth-order valence-corrected chi connectivity index (χ4v) is 2.15. The van der Waals surface area contributed by atoms with Crippen molar-refractivity contribution in [2.75, 3.05) is 18.5 Å². The predicted octanol–water partition coefficient (Wildman–Crippen LogP) is 1.36. The summed E-state index contributed by atoms with van der Waals surface area (Å²) in [5, 5.41) is 3.44. The Kier molecular flexibility index (Phi) is 2.36. The van der Waals surface area contributed by atoms with Crippen molar-refractivity contribution >= 4 is 5.69 Å². The van der Waals surface area contributed by atoms with Crippen molar-refractivity contribution in [3.05, 3.63) is 18.2 Å². The molecule has 86 valence electrons. The van der Waals surface area contributed by atoms with Gasteiger partial charge in [0.05, 0.1) is 0 Å². The molecule has 4 heteroatoms. The van der Waals surface area contributed by atoms with Crippen molar-refractivity contribution in [1.29, 1.82) is 0 Å². The summed E-state index contributed by atoms with van der Waals surface area (Å²) < 4.78 is 11.0. The Hall–Kier alpha value is -1.42. The SMILES string of the molecule is NC1CC(Nc2ccc3c(c2)OCCO3)C1. The molecule has 1 heterocycles. The van der Waals surface area contributed by atoms with Gasteiger partial charge in [-0.2, -0.15) is 0 Å². The van der Waals surface area contributed by atoms with E-state index in [4.69, 9.17) is 15.2 Å². The highest BCUT2D eigenvalue weighted by Crippen LogP contribution is 2.33. The third-order valence-electron chi connectivity index (χ3n) is 3.09. The molecular formula is C12H16N2O2. The fourth-order valence-electron chi connectivity index (χ4n) is 2.15. The van der Waals surface area contributed by atoms with E-state index in [1.165, 1.54) is 0 Å². The first-order valence-corrected chi connectivity index (χ1v) is 5.73. The molecule has 0 amide bonds. The van der Waals surface area contributed by atoms with Crippen LogP contribution in [0.15, 0.2) is 18.2 Å². The van der Waals surface area contributed by atoms with Crippen molar-refractivity contribution in [2.45, 2.75) is 24.9 Å². The van der Waals surface area contributed by atoms with Gasteiger partial charge in [0.1, 0.15) is 13.2 Å². The first kappa shape index (κ1) is 9.78. The Balaban J connectivity index is 1.71. The van der Waals surface area contributed by atoms with Gasteiger partial charge in [-0.1, -0.05) is 0 Å². The molecule has 0 aromatic heterocycles. The van der Waals surface area contributed by atoms with E-state index in [0.717, 1.165) is 30.0 Å². The lowest BCUT2D eigenvalue weighted by Crippen LogP contribution is -2.44. The highest BCUT2D eigenvalue weighted by molar-refractivity contribution is 5.55. The van der Waals surface area contributed by atoms with Crippen LogP contribution in [0.1, 0.15) is 12.8 Å². The second-order valence-electron chi connectivity index (χ2n) is 4.43. The summed E-state index contributed by atoms with van der Waals surface area (Å²) in [4.78, 5) is 0. The molecule has 0 bridgehead atoms. The average molecular weight is 220 g/mol. The van der Waals surface area contributed by atoms with Gasteiger partial charge >= 0.3 is 0 Å². The van der Waals surface area contributed by atoms with E-state index in [1.54, 1.807) is 0 Å². The largest absolute Gasteiger partial charge is 0.486 e. The highest BCUT2D eigenvalue weighted by atomic mass is 16.6. The number of anilines is 1. The van der Waals surface area contributed by atoms with Crippen LogP contribution in [0.5, 0.6) is 11.5 Å². The minimum absolute atomic E-state index is 0.370. The molecule has 1 fully saturated rings. The van der Waals surface area contributed by atoms with E-state index in [-0.39, 0.29) is 0 Å². The Morgan fingerprint density at radius 1 is 1.12 bits per heavy atom. The van der Waals surface area contributed by atoms with Gasteiger partial charge in [0.15, 0.2) is 11.5 Å². The lowest BCUT2D eigenvalue weighted by Gasteiger charge is -2.34. The number of rotatable bonds is 2. The van der Waals surface area contributed by atoms with Crippen molar-refractivity contribution in [3.63, 3.8) is 0 Å². The molecule has 1 saturated carbocycles. The zero-order valence-corrected chi connectivity index (χ0v) is 9.11. The molecule has 3 N–H and O–H groups in total. The maximum atomic E-state index is 5.75. The normalized spacial score (nSPS) is 27.1. The minimum atomic E-state index is 0.370. The quantitative estimate of drug-likeness (QED) is 0.790. The summed E-state index contributed by atoms with van der Waals surface area (Å²) in [6.07, 6.45) is 2.10. The van der Waals surface area contributed by atoms with Gasteiger partial charge in [0.2, 0.25) is 0 Å². The van der Waals surface area contributed by atoms with E-state index >= 15 is 0 Å². The average Bonchev–Trinajstić information content (AvgIpc) is 2.27. The topological polar surface area (TPSA) is 56.5 Å². The molecule has 1 aromatic rings. The number of fused-ring (bicyclic) bond motifs is 1. The first-order chi connectivity index (χ1) is 7.81. The molecule has 4 nitrogen and oxygen atoms in total. The third kappa shape index (κ3) is 1.80. The molecule has 0 atom stereocenters. The third-order valence-corrected chi connectivity index (χ3v) is 3.09. The predicted molar refractivity (Wildman–Crippen MR) is 62.1 cm³/mol. The van der Waals surface area contributed by atoms with Crippen LogP contribution in [-0.2, 0) is 0 Å². The Labute approximate surface area is 94.7 Å². The molecule has 3 rings (SSSR count). The summed E-state index contributed by atoms with van der Waals surface area (Å²) in [7, 11) is 0. The molecule has 1 aromatic carbocycles. The lowest BCUT2D eigenvalue weighted by molar-refractivity contribution is 0.171. The van der Waals surface area contributed by atoms with Crippen molar-refractivity contribution in [3.8, 4) is 11.5 Å². The van der Waals surface area contributed by atoms with E-state index in [2.05, 4.69) is 5.32 Å². The minimum Gasteiger partial charge on any atom is -0.486 e. The maximum absolute atomic E-state index is 5.75. The van der Waals surface area contributed by atoms with E-state index in [0.29, 0.717) is 25.3 Å². The molecule has 1 aliphatic carbocycles. The zero-order valence-electron chi connectivity index (χ0n) is 9.11. The van der Waals surface area contributed by atoms with Crippen molar-refractivity contribution < 1.29 is 9.47 Å². The summed E-state index contributed by atoms with van der Waals surface area (Å²) >= 11 is 0. The summed E-state index contributed by atoms with van der Waals surface area (Å²) in [6, 6.07) is 6.86. The monoisotopic (exact) mass is 220 g/mol. The van der Waals surface area contributed by atoms with Gasteiger partial charge in [-0.3, -0.25) is 0 Å². The Morgan fingerprint density at radius 3 is 2.62 bits per heavy atom. The van der Waals surface area contributed by atoms with E-state index < -0.39 is 0 Å². The van der Waals surface area contributed by atoms with Crippen LogP contribution in [0.2, 0.25) is 0 Å². The number of nitrogens with one attached hydrogen (secondary N) is 1. The number of hydrogen-bond acceptors (Lipinski definition) is 4. The van der Waals surface area contributed by atoms with Gasteiger partial charge in [-0.25, -0.2) is 0 Å². The van der Waals surface area contributed by atoms with E-state index in [9.17, 15) is 0 Å². The number of benzene rings is 1. The summed E-state index contributed by atoms with van der Waals surface area (Å²) in [5.74, 6) is 1.67. The molecule has 1 aliphatic heterocycles. The van der Waals surface area contributed by atoms with Crippen LogP contribution < -0.4 is 20.5 Å². The first-order valence-electron chi connectivity index (χ1n) is 5.73. The Bertz CT molecular complexity index is 389. The zero-order chi connectivity index (χ0) is 11.0. The highest BCUT2D eigenvalue weighted by Gasteiger charge is 2.25. The molecule has 0 spiro atoms. The number of nitrogens with two attached hydrogens (primary N) is 1. The lowest BCUT2D eigenvalue weighted by atomic mass is 9.87. The van der Waals surface area contributed by atoms with Crippen LogP contribution in [0, 0.1) is 0 Å². The standard InChI is InChI=1S/C12H16N2O2/c13-8-5-10(6-8)14-9-1-2-11-12(7-9)16-4-3-15-11/h1-2,7-8,10,14H,3-6,13H2. The molecular weight excluding hydrogens is 204 g/mol. The smallest absolute Gasteiger partial charge is 0.163 e. The summed E-state index contributed by atoms with van der Waals surface area (Å²) in [6.45, 7) is 1.27. The molecule has 0 radical (unpaired) electrons.